The Morgan fingerprint density at radius 1 is 0.964 bits per heavy atom. The van der Waals surface area contributed by atoms with Crippen LogP contribution in [0.2, 0.25) is 5.02 Å². The first-order valence-electron chi connectivity index (χ1n) is 9.60. The molecule has 2 aliphatic heterocycles. The van der Waals surface area contributed by atoms with Crippen LogP contribution in [0.3, 0.4) is 0 Å². The van der Waals surface area contributed by atoms with Crippen LogP contribution in [0.15, 0.2) is 78.9 Å². The summed E-state index contributed by atoms with van der Waals surface area (Å²) in [5.41, 5.74) is 3.56. The van der Waals surface area contributed by atoms with Crippen LogP contribution in [0.1, 0.15) is 34.0 Å². The monoisotopic (exact) mass is 388 g/mol. The summed E-state index contributed by atoms with van der Waals surface area (Å²) in [4.78, 5) is 17.9. The van der Waals surface area contributed by atoms with Gasteiger partial charge in [-0.2, -0.15) is 0 Å². The number of fused-ring (bicyclic) bond motifs is 3. The van der Waals surface area contributed by atoms with E-state index in [1.165, 1.54) is 5.56 Å². The summed E-state index contributed by atoms with van der Waals surface area (Å²) in [5, 5.41) is 0.699. The summed E-state index contributed by atoms with van der Waals surface area (Å²) in [6.45, 7) is 3.73. The maximum Gasteiger partial charge on any atom is 0.256 e. The third-order valence-corrected chi connectivity index (χ3v) is 6.20. The predicted octanol–water partition coefficient (Wildman–Crippen LogP) is 4.90. The second-order valence-electron chi connectivity index (χ2n) is 7.61. The molecule has 0 bridgehead atoms. The summed E-state index contributed by atoms with van der Waals surface area (Å²) in [5.74, 6) is 0.105. The van der Waals surface area contributed by atoms with Gasteiger partial charge in [0.05, 0.1) is 0 Å². The van der Waals surface area contributed by atoms with Gasteiger partial charge in [-0.05, 0) is 36.2 Å². The van der Waals surface area contributed by atoms with Crippen molar-refractivity contribution in [2.45, 2.75) is 25.2 Å². The molecular weight excluding hydrogens is 368 g/mol. The number of carbonyl (C=O) groups is 1. The lowest BCUT2D eigenvalue weighted by molar-refractivity contribution is 0.0373. The minimum atomic E-state index is -0.604. The van der Waals surface area contributed by atoms with Gasteiger partial charge in [-0.1, -0.05) is 72.3 Å². The lowest BCUT2D eigenvalue weighted by atomic mass is 9.89. The van der Waals surface area contributed by atoms with E-state index in [-0.39, 0.29) is 11.9 Å². The van der Waals surface area contributed by atoms with Crippen molar-refractivity contribution in [1.29, 1.82) is 0 Å². The van der Waals surface area contributed by atoms with Gasteiger partial charge in [-0.3, -0.25) is 9.69 Å². The third-order valence-electron chi connectivity index (χ3n) is 5.95. The molecule has 0 aromatic heterocycles. The van der Waals surface area contributed by atoms with Gasteiger partial charge in [-0.15, -0.1) is 0 Å². The highest BCUT2D eigenvalue weighted by atomic mass is 35.5. The number of hydrogen-bond donors (Lipinski definition) is 0. The summed E-state index contributed by atoms with van der Waals surface area (Å²) >= 11 is 6.19. The Morgan fingerprint density at radius 3 is 2.39 bits per heavy atom. The molecule has 1 amide bonds. The van der Waals surface area contributed by atoms with Crippen LogP contribution < -0.4 is 0 Å². The van der Waals surface area contributed by atoms with Gasteiger partial charge in [0.25, 0.3) is 5.91 Å². The van der Waals surface area contributed by atoms with Crippen molar-refractivity contribution in [3.63, 3.8) is 0 Å². The van der Waals surface area contributed by atoms with Crippen LogP contribution in [-0.2, 0) is 12.2 Å². The fourth-order valence-corrected chi connectivity index (χ4v) is 5.02. The van der Waals surface area contributed by atoms with Crippen LogP contribution in [0.4, 0.5) is 0 Å². The minimum absolute atomic E-state index is 0.105. The van der Waals surface area contributed by atoms with Gasteiger partial charge < -0.3 is 4.90 Å². The van der Waals surface area contributed by atoms with Crippen LogP contribution in [0, 0.1) is 0 Å². The fourth-order valence-electron chi connectivity index (χ4n) is 4.90. The molecule has 2 atom stereocenters. The van der Waals surface area contributed by atoms with E-state index < -0.39 is 5.66 Å². The summed E-state index contributed by atoms with van der Waals surface area (Å²) in [6.07, 6.45) is 0. The van der Waals surface area contributed by atoms with Gasteiger partial charge in [0.2, 0.25) is 0 Å². The Kier molecular flexibility index (Phi) is 4.04. The number of benzene rings is 3. The maximum atomic E-state index is 13.4. The molecule has 3 nitrogen and oxygen atoms in total. The smallest absolute Gasteiger partial charge is 0.256 e. The zero-order chi connectivity index (χ0) is 19.3. The van der Waals surface area contributed by atoms with E-state index in [1.54, 1.807) is 0 Å². The fraction of sp³-hybridized carbons (Fsp3) is 0.208. The SMILES string of the molecule is C[C@H]1CN(Cc2ccccc2)[C@]2(c3ccc(Cl)cc3)c3ccccc3C(=O)N12. The summed E-state index contributed by atoms with van der Waals surface area (Å²) in [7, 11) is 0. The predicted molar refractivity (Wildman–Crippen MR) is 111 cm³/mol. The Hall–Kier alpha value is -2.62. The van der Waals surface area contributed by atoms with Crippen molar-refractivity contribution in [2.75, 3.05) is 6.54 Å². The number of rotatable bonds is 3. The molecule has 3 aromatic rings. The van der Waals surface area contributed by atoms with Gasteiger partial charge in [0.15, 0.2) is 0 Å². The summed E-state index contributed by atoms with van der Waals surface area (Å²) in [6, 6.07) is 26.5. The molecule has 1 fully saturated rings. The van der Waals surface area contributed by atoms with E-state index in [0.29, 0.717) is 5.02 Å². The van der Waals surface area contributed by atoms with Crippen LogP contribution in [0.25, 0.3) is 0 Å². The number of halogens is 1. The molecule has 28 heavy (non-hydrogen) atoms. The van der Waals surface area contributed by atoms with E-state index in [4.69, 9.17) is 11.6 Å². The molecule has 140 valence electrons. The maximum absolute atomic E-state index is 13.4. The first kappa shape index (κ1) is 17.5. The average molecular weight is 389 g/mol. The van der Waals surface area contributed by atoms with Gasteiger partial charge >= 0.3 is 0 Å². The van der Waals surface area contributed by atoms with Gasteiger partial charge in [0, 0.05) is 35.3 Å². The minimum Gasteiger partial charge on any atom is -0.308 e. The topological polar surface area (TPSA) is 23.6 Å². The number of hydrogen-bond acceptors (Lipinski definition) is 2. The number of amides is 1. The van der Waals surface area contributed by atoms with Crippen molar-refractivity contribution in [3.05, 3.63) is 106 Å². The standard InChI is InChI=1S/C24H21ClN2O/c1-17-15-26(16-18-7-3-2-4-8-18)24(19-11-13-20(25)14-12-19)22-10-6-5-9-21(22)23(28)27(17)24/h2-14,17H,15-16H2,1H3/t17-,24-/m0/s1. The first-order chi connectivity index (χ1) is 13.6. The molecule has 0 spiro atoms. The first-order valence-corrected chi connectivity index (χ1v) is 9.98. The lowest BCUT2D eigenvalue weighted by Crippen LogP contribution is -2.49. The Balaban J connectivity index is 1.74. The van der Waals surface area contributed by atoms with Crippen LogP contribution >= 0.6 is 11.6 Å². The molecule has 0 N–H and O–H groups in total. The number of nitrogens with zero attached hydrogens (tertiary/aromatic N) is 2. The molecular formula is C24H21ClN2O. The third kappa shape index (κ3) is 2.36. The highest BCUT2D eigenvalue weighted by Crippen LogP contribution is 2.52. The van der Waals surface area contributed by atoms with Crippen molar-refractivity contribution >= 4 is 17.5 Å². The number of carbonyl (C=O) groups excluding carboxylic acids is 1. The highest BCUT2D eigenvalue weighted by Gasteiger charge is 2.60. The molecule has 0 unspecified atom stereocenters. The Labute approximate surface area is 170 Å². The largest absolute Gasteiger partial charge is 0.308 e. The highest BCUT2D eigenvalue weighted by molar-refractivity contribution is 6.30. The lowest BCUT2D eigenvalue weighted by Gasteiger charge is -2.41. The molecule has 4 heteroatoms. The Morgan fingerprint density at radius 2 is 1.64 bits per heavy atom. The molecule has 0 aliphatic carbocycles. The molecule has 2 aliphatic rings. The van der Waals surface area contributed by atoms with Crippen molar-refractivity contribution < 1.29 is 4.79 Å². The van der Waals surface area contributed by atoms with Gasteiger partial charge in [0.1, 0.15) is 5.66 Å². The van der Waals surface area contributed by atoms with Crippen LogP contribution in [-0.4, -0.2) is 28.3 Å². The average Bonchev–Trinajstić information content (AvgIpc) is 3.15. The molecule has 0 radical (unpaired) electrons. The van der Waals surface area contributed by atoms with E-state index in [0.717, 1.165) is 29.8 Å². The molecule has 5 rings (SSSR count). The Bertz CT molecular complexity index is 1030. The van der Waals surface area contributed by atoms with Gasteiger partial charge in [-0.25, -0.2) is 0 Å². The molecule has 1 saturated heterocycles. The van der Waals surface area contributed by atoms with E-state index in [1.807, 2.05) is 36.4 Å². The quantitative estimate of drug-likeness (QED) is 0.637. The molecule has 2 heterocycles. The molecule has 3 aromatic carbocycles. The van der Waals surface area contributed by atoms with Crippen molar-refractivity contribution in [2.24, 2.45) is 0 Å². The zero-order valence-electron chi connectivity index (χ0n) is 15.7. The van der Waals surface area contributed by atoms with Crippen LogP contribution in [0.5, 0.6) is 0 Å². The van der Waals surface area contributed by atoms with Crippen molar-refractivity contribution in [1.82, 2.24) is 9.80 Å². The zero-order valence-corrected chi connectivity index (χ0v) is 16.4. The van der Waals surface area contributed by atoms with E-state index in [2.05, 4.69) is 59.2 Å². The van der Waals surface area contributed by atoms with E-state index >= 15 is 0 Å². The second-order valence-corrected chi connectivity index (χ2v) is 8.05. The van der Waals surface area contributed by atoms with E-state index in [9.17, 15) is 4.79 Å². The van der Waals surface area contributed by atoms with Crippen molar-refractivity contribution in [3.8, 4) is 0 Å². The molecule has 0 saturated carbocycles. The summed E-state index contributed by atoms with van der Waals surface area (Å²) < 4.78 is 0. The normalized spacial score (nSPS) is 23.7. The second kappa shape index (κ2) is 6.47.